The predicted molar refractivity (Wildman–Crippen MR) is 117 cm³/mol. The minimum Gasteiger partial charge on any atom is -0.495 e. The molecule has 0 saturated carbocycles. The Morgan fingerprint density at radius 3 is 2.32 bits per heavy atom. The monoisotopic (exact) mass is 427 g/mol. The normalized spacial score (nSPS) is 14.5. The van der Waals surface area contributed by atoms with Crippen LogP contribution in [0.5, 0.6) is 11.5 Å². The molecule has 31 heavy (non-hydrogen) atoms. The third-order valence-electron chi connectivity index (χ3n) is 5.10. The second-order valence-corrected chi connectivity index (χ2v) is 7.23. The number of benzene rings is 2. The number of likely N-dealkylation sites (N-methyl/N-ethyl adjacent to an activating group) is 1. The summed E-state index contributed by atoms with van der Waals surface area (Å²) in [5.41, 5.74) is 1.37. The van der Waals surface area contributed by atoms with E-state index < -0.39 is 11.7 Å². The van der Waals surface area contributed by atoms with Gasteiger partial charge in [0.15, 0.2) is 11.6 Å². The highest BCUT2D eigenvalue weighted by Crippen LogP contribution is 2.26. The van der Waals surface area contributed by atoms with E-state index in [1.165, 1.54) is 38.5 Å². The zero-order chi connectivity index (χ0) is 22.4. The van der Waals surface area contributed by atoms with E-state index in [1.54, 1.807) is 29.2 Å². The number of hydrogen-bond donors (Lipinski definition) is 1. The smallest absolute Gasteiger partial charge is 0.254 e. The van der Waals surface area contributed by atoms with Crippen LogP contribution in [0.4, 0.5) is 10.1 Å². The van der Waals surface area contributed by atoms with Crippen LogP contribution in [-0.4, -0.2) is 69.1 Å². The molecule has 2 aromatic carbocycles. The van der Waals surface area contributed by atoms with Crippen LogP contribution in [-0.2, 0) is 4.79 Å². The predicted octanol–water partition coefficient (Wildman–Crippen LogP) is 2.88. The first-order valence-electron chi connectivity index (χ1n) is 9.89. The highest BCUT2D eigenvalue weighted by molar-refractivity contribution is 6.04. The first-order chi connectivity index (χ1) is 14.9. The molecule has 8 heteroatoms. The van der Waals surface area contributed by atoms with Crippen LogP contribution in [0.3, 0.4) is 0 Å². The fraction of sp³-hybridized carbons (Fsp3) is 0.304. The van der Waals surface area contributed by atoms with Gasteiger partial charge in [-0.2, -0.15) is 0 Å². The number of anilines is 1. The van der Waals surface area contributed by atoms with Crippen molar-refractivity contribution in [2.75, 3.05) is 52.8 Å². The number of amides is 2. The molecular weight excluding hydrogens is 401 g/mol. The molecule has 0 unspecified atom stereocenters. The van der Waals surface area contributed by atoms with Crippen LogP contribution in [0.25, 0.3) is 6.08 Å². The van der Waals surface area contributed by atoms with Crippen LogP contribution < -0.4 is 14.8 Å². The second kappa shape index (κ2) is 10.1. The van der Waals surface area contributed by atoms with Crippen LogP contribution in [0.2, 0.25) is 0 Å². The molecule has 0 atom stereocenters. The van der Waals surface area contributed by atoms with Crippen LogP contribution >= 0.6 is 0 Å². The maximum Gasteiger partial charge on any atom is 0.254 e. The molecule has 0 radical (unpaired) electrons. The zero-order valence-corrected chi connectivity index (χ0v) is 17.9. The number of nitrogens with one attached hydrogen (secondary N) is 1. The minimum atomic E-state index is -0.512. The van der Waals surface area contributed by atoms with Gasteiger partial charge in [-0.25, -0.2) is 4.39 Å². The molecule has 0 spiro atoms. The highest BCUT2D eigenvalue weighted by atomic mass is 19.1. The van der Waals surface area contributed by atoms with E-state index in [9.17, 15) is 14.0 Å². The number of ether oxygens (including phenoxy) is 2. The van der Waals surface area contributed by atoms with Gasteiger partial charge in [0.2, 0.25) is 5.91 Å². The summed E-state index contributed by atoms with van der Waals surface area (Å²) in [5.74, 6) is -0.462. The summed E-state index contributed by atoms with van der Waals surface area (Å²) in [6.45, 7) is 2.96. The van der Waals surface area contributed by atoms with Gasteiger partial charge < -0.3 is 24.6 Å². The third kappa shape index (κ3) is 5.61. The van der Waals surface area contributed by atoms with Crippen molar-refractivity contribution in [1.29, 1.82) is 0 Å². The molecule has 1 aliphatic rings. The quantitative estimate of drug-likeness (QED) is 0.718. The first-order valence-corrected chi connectivity index (χ1v) is 9.89. The van der Waals surface area contributed by atoms with Crippen molar-refractivity contribution in [2.24, 2.45) is 0 Å². The van der Waals surface area contributed by atoms with Gasteiger partial charge in [-0.3, -0.25) is 9.59 Å². The Morgan fingerprint density at radius 1 is 1.00 bits per heavy atom. The van der Waals surface area contributed by atoms with Crippen molar-refractivity contribution >= 4 is 23.6 Å². The zero-order valence-electron chi connectivity index (χ0n) is 17.9. The van der Waals surface area contributed by atoms with E-state index in [0.29, 0.717) is 35.7 Å². The number of hydrogen-bond acceptors (Lipinski definition) is 5. The molecule has 0 bridgehead atoms. The van der Waals surface area contributed by atoms with Crippen molar-refractivity contribution in [1.82, 2.24) is 9.80 Å². The molecule has 7 nitrogen and oxygen atoms in total. The summed E-state index contributed by atoms with van der Waals surface area (Å²) in [5, 5.41) is 2.73. The number of methoxy groups -OCH3 is 2. The highest BCUT2D eigenvalue weighted by Gasteiger charge is 2.21. The molecular formula is C23H26FN3O4. The molecule has 2 amide bonds. The lowest BCUT2D eigenvalue weighted by atomic mass is 10.1. The van der Waals surface area contributed by atoms with Gasteiger partial charge in [0.1, 0.15) is 5.75 Å². The van der Waals surface area contributed by atoms with Gasteiger partial charge in [0.05, 0.1) is 19.9 Å². The lowest BCUT2D eigenvalue weighted by Gasteiger charge is -2.32. The number of piperazine rings is 1. The lowest BCUT2D eigenvalue weighted by Crippen LogP contribution is -2.47. The summed E-state index contributed by atoms with van der Waals surface area (Å²) >= 11 is 0. The summed E-state index contributed by atoms with van der Waals surface area (Å²) in [4.78, 5) is 29.2. The maximum atomic E-state index is 13.8. The Labute approximate surface area is 181 Å². The van der Waals surface area contributed by atoms with Crippen LogP contribution in [0, 0.1) is 5.82 Å². The van der Waals surface area contributed by atoms with E-state index >= 15 is 0 Å². The number of carbonyl (C=O) groups excluding carboxylic acids is 2. The molecule has 1 aliphatic heterocycles. The van der Waals surface area contributed by atoms with Crippen LogP contribution in [0.1, 0.15) is 15.9 Å². The second-order valence-electron chi connectivity index (χ2n) is 7.23. The average molecular weight is 427 g/mol. The van der Waals surface area contributed by atoms with Gasteiger partial charge in [0.25, 0.3) is 5.91 Å². The van der Waals surface area contributed by atoms with E-state index in [1.807, 2.05) is 7.05 Å². The van der Waals surface area contributed by atoms with Crippen molar-refractivity contribution in [3.05, 3.63) is 59.4 Å². The fourth-order valence-electron chi connectivity index (χ4n) is 3.26. The SMILES string of the molecule is COc1ccc(/C=C/C(=O)Nc2cc(C(=O)N3CCN(C)CC3)ccc2OC)cc1F. The van der Waals surface area contributed by atoms with Gasteiger partial charge in [-0.15, -0.1) is 0 Å². The minimum absolute atomic E-state index is 0.0875. The standard InChI is InChI=1S/C23H26FN3O4/c1-26-10-12-27(13-11-26)23(29)17-6-8-21(31-3)19(15-17)25-22(28)9-5-16-4-7-20(30-2)18(24)14-16/h4-9,14-15H,10-13H2,1-3H3,(H,25,28)/b9-5+. The fourth-order valence-corrected chi connectivity index (χ4v) is 3.26. The molecule has 1 saturated heterocycles. The molecule has 1 N–H and O–H groups in total. The van der Waals surface area contributed by atoms with E-state index in [4.69, 9.17) is 9.47 Å². The molecule has 0 aliphatic carbocycles. The van der Waals surface area contributed by atoms with Crippen molar-refractivity contribution < 1.29 is 23.5 Å². The summed E-state index contributed by atoms with van der Waals surface area (Å²) in [7, 11) is 4.90. The Kier molecular flexibility index (Phi) is 7.25. The molecule has 1 fully saturated rings. The van der Waals surface area contributed by atoms with Crippen molar-refractivity contribution in [3.63, 3.8) is 0 Å². The Morgan fingerprint density at radius 2 is 1.68 bits per heavy atom. The Bertz CT molecular complexity index is 985. The topological polar surface area (TPSA) is 71.1 Å². The first kappa shape index (κ1) is 22.3. The van der Waals surface area contributed by atoms with Crippen LogP contribution in [0.15, 0.2) is 42.5 Å². The maximum absolute atomic E-state index is 13.8. The Balaban J connectivity index is 1.72. The number of nitrogens with zero attached hydrogens (tertiary/aromatic N) is 2. The van der Waals surface area contributed by atoms with Gasteiger partial charge in [0, 0.05) is 37.8 Å². The van der Waals surface area contributed by atoms with Gasteiger partial charge in [-0.1, -0.05) is 6.07 Å². The molecule has 164 valence electrons. The van der Waals surface area contributed by atoms with Crippen molar-refractivity contribution in [3.8, 4) is 11.5 Å². The van der Waals surface area contributed by atoms with E-state index in [-0.39, 0.29) is 11.7 Å². The largest absolute Gasteiger partial charge is 0.495 e. The number of rotatable bonds is 6. The lowest BCUT2D eigenvalue weighted by molar-refractivity contribution is -0.111. The third-order valence-corrected chi connectivity index (χ3v) is 5.10. The summed E-state index contributed by atoms with van der Waals surface area (Å²) in [6, 6.07) is 9.36. The van der Waals surface area contributed by atoms with Gasteiger partial charge >= 0.3 is 0 Å². The van der Waals surface area contributed by atoms with E-state index in [0.717, 1.165) is 13.1 Å². The molecule has 2 aromatic rings. The van der Waals surface area contributed by atoms with E-state index in [2.05, 4.69) is 10.2 Å². The Hall–Kier alpha value is -3.39. The summed E-state index contributed by atoms with van der Waals surface area (Å²) < 4.78 is 24.0. The molecule has 3 rings (SSSR count). The number of carbonyl (C=O) groups is 2. The molecule has 0 aromatic heterocycles. The molecule has 1 heterocycles. The average Bonchev–Trinajstić information content (AvgIpc) is 2.78. The van der Waals surface area contributed by atoms with Crippen molar-refractivity contribution in [2.45, 2.75) is 0 Å². The van der Waals surface area contributed by atoms with Gasteiger partial charge in [-0.05, 0) is 49.0 Å². The number of halogens is 1. The summed E-state index contributed by atoms with van der Waals surface area (Å²) in [6.07, 6.45) is 2.78.